The maximum Gasteiger partial charge on any atom is 0.352 e. The average molecular weight is 182 g/mol. The van der Waals surface area contributed by atoms with Gasteiger partial charge in [0.2, 0.25) is 5.91 Å². The van der Waals surface area contributed by atoms with E-state index in [1.165, 1.54) is 6.92 Å². The number of aromatic amines is 1. The summed E-state index contributed by atoms with van der Waals surface area (Å²) in [5.74, 6) is -0.866. The van der Waals surface area contributed by atoms with Crippen LogP contribution in [0.25, 0.3) is 0 Å². The summed E-state index contributed by atoms with van der Waals surface area (Å²) in [7, 11) is 0. The van der Waals surface area contributed by atoms with Crippen molar-refractivity contribution < 1.29 is 14.7 Å². The number of aromatic nitrogens is 1. The van der Waals surface area contributed by atoms with Crippen LogP contribution in [0.5, 0.6) is 0 Å². The molecule has 0 saturated heterocycles. The summed E-state index contributed by atoms with van der Waals surface area (Å²) < 4.78 is 0. The van der Waals surface area contributed by atoms with Crippen LogP contribution < -0.4 is 5.32 Å². The summed E-state index contributed by atoms with van der Waals surface area (Å²) >= 11 is 0. The third-order valence-electron chi connectivity index (χ3n) is 1.54. The number of hydrogen-bond acceptors (Lipinski definition) is 2. The van der Waals surface area contributed by atoms with Crippen molar-refractivity contribution in [1.29, 1.82) is 0 Å². The first-order valence-electron chi connectivity index (χ1n) is 3.71. The number of anilines is 1. The zero-order chi connectivity index (χ0) is 10.0. The van der Waals surface area contributed by atoms with Crippen molar-refractivity contribution in [2.75, 3.05) is 5.32 Å². The molecule has 0 aromatic carbocycles. The smallest absolute Gasteiger partial charge is 0.352 e. The maximum absolute atomic E-state index is 10.6. The van der Waals surface area contributed by atoms with Gasteiger partial charge in [-0.25, -0.2) is 4.79 Å². The van der Waals surface area contributed by atoms with Crippen molar-refractivity contribution in [1.82, 2.24) is 4.98 Å². The van der Waals surface area contributed by atoms with E-state index in [1.54, 1.807) is 13.0 Å². The highest BCUT2D eigenvalue weighted by atomic mass is 16.4. The molecule has 3 N–H and O–H groups in total. The molecule has 70 valence electrons. The van der Waals surface area contributed by atoms with E-state index < -0.39 is 5.97 Å². The Kier molecular flexibility index (Phi) is 2.36. The van der Waals surface area contributed by atoms with Gasteiger partial charge >= 0.3 is 5.97 Å². The van der Waals surface area contributed by atoms with Gasteiger partial charge in [-0.1, -0.05) is 0 Å². The molecule has 0 atom stereocenters. The van der Waals surface area contributed by atoms with Crippen molar-refractivity contribution in [2.24, 2.45) is 0 Å². The number of aryl methyl sites for hydroxylation is 1. The van der Waals surface area contributed by atoms with Gasteiger partial charge in [0, 0.05) is 6.92 Å². The lowest BCUT2D eigenvalue weighted by atomic mass is 10.3. The van der Waals surface area contributed by atoms with Crippen LogP contribution in [-0.2, 0) is 4.79 Å². The Balaban J connectivity index is 2.95. The Morgan fingerprint density at radius 3 is 2.54 bits per heavy atom. The maximum atomic E-state index is 10.6. The number of H-pyrrole nitrogens is 1. The molecule has 1 heterocycles. The molecule has 0 spiro atoms. The molecule has 1 aromatic heterocycles. The molecule has 1 amide bonds. The molecule has 0 fully saturated rings. The Hall–Kier alpha value is -1.78. The summed E-state index contributed by atoms with van der Waals surface area (Å²) in [6, 6.07) is 1.57. The largest absolute Gasteiger partial charge is 0.477 e. The summed E-state index contributed by atoms with van der Waals surface area (Å²) in [5.41, 5.74) is 0.694. The molecule has 13 heavy (non-hydrogen) atoms. The SMILES string of the molecule is CC(=O)Nc1cc(C)c(C(=O)O)[nH]1. The van der Waals surface area contributed by atoms with Crippen LogP contribution in [0.4, 0.5) is 5.82 Å². The second-order valence-electron chi connectivity index (χ2n) is 2.73. The fourth-order valence-corrected chi connectivity index (χ4v) is 1.04. The van der Waals surface area contributed by atoms with E-state index in [2.05, 4.69) is 10.3 Å². The molecular formula is C8H10N2O3. The number of hydrogen-bond donors (Lipinski definition) is 3. The number of carbonyl (C=O) groups is 2. The lowest BCUT2D eigenvalue weighted by Crippen LogP contribution is -2.06. The Bertz CT molecular complexity index is 354. The van der Waals surface area contributed by atoms with Crippen molar-refractivity contribution in [3.63, 3.8) is 0 Å². The first-order valence-corrected chi connectivity index (χ1v) is 3.71. The first-order chi connectivity index (χ1) is 6.00. The molecule has 1 rings (SSSR count). The van der Waals surface area contributed by atoms with Crippen LogP contribution in [0.3, 0.4) is 0 Å². The zero-order valence-corrected chi connectivity index (χ0v) is 7.34. The normalized spacial score (nSPS) is 9.69. The standard InChI is InChI=1S/C8H10N2O3/c1-4-3-6(9-5(2)11)10-7(4)8(12)13/h3,10H,1-2H3,(H,9,11)(H,12,13). The van der Waals surface area contributed by atoms with Gasteiger partial charge in [0.15, 0.2) is 0 Å². The predicted molar refractivity (Wildman–Crippen MR) is 46.8 cm³/mol. The van der Waals surface area contributed by atoms with E-state index in [-0.39, 0.29) is 11.6 Å². The van der Waals surface area contributed by atoms with Crippen LogP contribution in [0.1, 0.15) is 23.0 Å². The third-order valence-corrected chi connectivity index (χ3v) is 1.54. The molecule has 0 saturated carbocycles. The molecule has 0 aliphatic carbocycles. The van der Waals surface area contributed by atoms with Crippen molar-refractivity contribution in [3.05, 3.63) is 17.3 Å². The molecule has 0 aliphatic heterocycles. The van der Waals surface area contributed by atoms with Gasteiger partial charge in [-0.2, -0.15) is 0 Å². The van der Waals surface area contributed by atoms with Gasteiger partial charge in [0.25, 0.3) is 0 Å². The van der Waals surface area contributed by atoms with Gasteiger partial charge in [0.1, 0.15) is 11.5 Å². The van der Waals surface area contributed by atoms with Gasteiger partial charge in [0.05, 0.1) is 0 Å². The van der Waals surface area contributed by atoms with E-state index in [0.29, 0.717) is 11.4 Å². The number of amides is 1. The minimum atomic E-state index is -1.03. The van der Waals surface area contributed by atoms with E-state index >= 15 is 0 Å². The molecule has 1 aromatic rings. The average Bonchev–Trinajstić information content (AvgIpc) is 2.29. The molecule has 5 nitrogen and oxygen atoms in total. The Labute approximate surface area is 74.8 Å². The summed E-state index contributed by atoms with van der Waals surface area (Å²) in [5, 5.41) is 11.1. The number of carbonyl (C=O) groups excluding carboxylic acids is 1. The number of carboxylic acid groups (broad SMARTS) is 1. The van der Waals surface area contributed by atoms with Gasteiger partial charge in [-0.05, 0) is 18.6 Å². The molecule has 0 bridgehead atoms. The van der Waals surface area contributed by atoms with Gasteiger partial charge < -0.3 is 15.4 Å². The lowest BCUT2D eigenvalue weighted by Gasteiger charge is -1.95. The minimum absolute atomic E-state index is 0.101. The van der Waals surface area contributed by atoms with Crippen molar-refractivity contribution >= 4 is 17.7 Å². The van der Waals surface area contributed by atoms with Crippen LogP contribution >= 0.6 is 0 Å². The first kappa shape index (κ1) is 9.31. The second-order valence-corrected chi connectivity index (χ2v) is 2.73. The quantitative estimate of drug-likeness (QED) is 0.637. The predicted octanol–water partition coefficient (Wildman–Crippen LogP) is 0.980. The minimum Gasteiger partial charge on any atom is -0.477 e. The second kappa shape index (κ2) is 3.30. The highest BCUT2D eigenvalue weighted by Crippen LogP contribution is 2.13. The summed E-state index contributed by atoms with van der Waals surface area (Å²) in [6.07, 6.45) is 0. The molecular weight excluding hydrogens is 172 g/mol. The van der Waals surface area contributed by atoms with Crippen LogP contribution in [-0.4, -0.2) is 22.0 Å². The van der Waals surface area contributed by atoms with E-state index in [4.69, 9.17) is 5.11 Å². The number of aromatic carboxylic acids is 1. The number of carboxylic acids is 1. The summed E-state index contributed by atoms with van der Waals surface area (Å²) in [4.78, 5) is 23.8. The van der Waals surface area contributed by atoms with Crippen LogP contribution in [0.2, 0.25) is 0 Å². The monoisotopic (exact) mass is 182 g/mol. The molecule has 0 unspecified atom stereocenters. The van der Waals surface area contributed by atoms with Crippen LogP contribution in [0.15, 0.2) is 6.07 Å². The Morgan fingerprint density at radius 1 is 1.54 bits per heavy atom. The topological polar surface area (TPSA) is 82.2 Å². The van der Waals surface area contributed by atoms with Crippen molar-refractivity contribution in [2.45, 2.75) is 13.8 Å². The molecule has 5 heteroatoms. The molecule has 0 radical (unpaired) electrons. The zero-order valence-electron chi connectivity index (χ0n) is 7.34. The van der Waals surface area contributed by atoms with Crippen molar-refractivity contribution in [3.8, 4) is 0 Å². The molecule has 0 aliphatic rings. The fraction of sp³-hybridized carbons (Fsp3) is 0.250. The number of nitrogens with one attached hydrogen (secondary N) is 2. The van der Waals surface area contributed by atoms with E-state index in [1.807, 2.05) is 0 Å². The van der Waals surface area contributed by atoms with Gasteiger partial charge in [-0.3, -0.25) is 4.79 Å². The fourth-order valence-electron chi connectivity index (χ4n) is 1.04. The van der Waals surface area contributed by atoms with E-state index in [0.717, 1.165) is 0 Å². The van der Waals surface area contributed by atoms with Crippen LogP contribution in [0, 0.1) is 6.92 Å². The Morgan fingerprint density at radius 2 is 2.15 bits per heavy atom. The highest BCUT2D eigenvalue weighted by molar-refractivity contribution is 5.91. The third kappa shape index (κ3) is 2.08. The highest BCUT2D eigenvalue weighted by Gasteiger charge is 2.10. The number of rotatable bonds is 2. The van der Waals surface area contributed by atoms with Gasteiger partial charge in [-0.15, -0.1) is 0 Å². The van der Waals surface area contributed by atoms with E-state index in [9.17, 15) is 9.59 Å². The summed E-state index contributed by atoms with van der Waals surface area (Å²) in [6.45, 7) is 3.02. The lowest BCUT2D eigenvalue weighted by molar-refractivity contribution is -0.114.